The van der Waals surface area contributed by atoms with E-state index < -0.39 is 9.84 Å². The molecule has 0 saturated carbocycles. The van der Waals surface area contributed by atoms with Gasteiger partial charge < -0.3 is 0 Å². The van der Waals surface area contributed by atoms with Crippen LogP contribution < -0.4 is 0 Å². The maximum atomic E-state index is 10.6. The van der Waals surface area contributed by atoms with Gasteiger partial charge in [0.2, 0.25) is 0 Å². The fourth-order valence-electron chi connectivity index (χ4n) is 0.482. The van der Waals surface area contributed by atoms with Crippen molar-refractivity contribution in [1.29, 1.82) is 5.26 Å². The molecule has 0 saturated heterocycles. The summed E-state index contributed by atoms with van der Waals surface area (Å²) in [5.41, 5.74) is 0. The molecule has 0 aromatic rings. The highest BCUT2D eigenvalue weighted by atomic mass is 32.2. The van der Waals surface area contributed by atoms with E-state index in [4.69, 9.17) is 5.26 Å². The Hall–Kier alpha value is -0.560. The minimum atomic E-state index is -3.04. The molecule has 3 nitrogen and oxygen atoms in total. The Labute approximate surface area is 55.2 Å². The molecular formula is C5H9NO2S. The molecule has 0 aliphatic heterocycles. The van der Waals surface area contributed by atoms with Crippen LogP contribution in [0.25, 0.3) is 0 Å². The fraction of sp³-hybridized carbons (Fsp3) is 0.800. The molecular weight excluding hydrogens is 138 g/mol. The lowest BCUT2D eigenvalue weighted by Gasteiger charge is -1.92. The van der Waals surface area contributed by atoms with E-state index in [1.807, 2.05) is 0 Å². The van der Waals surface area contributed by atoms with Gasteiger partial charge in [0.25, 0.3) is 0 Å². The van der Waals surface area contributed by atoms with Crippen molar-refractivity contribution in [2.45, 2.75) is 13.3 Å². The van der Waals surface area contributed by atoms with Gasteiger partial charge in [-0.25, -0.2) is 8.42 Å². The maximum Gasteiger partial charge on any atom is 0.163 e. The van der Waals surface area contributed by atoms with Crippen molar-refractivity contribution in [3.63, 3.8) is 0 Å². The Bertz CT molecular complexity index is 199. The van der Waals surface area contributed by atoms with E-state index in [1.165, 1.54) is 0 Å². The lowest BCUT2D eigenvalue weighted by atomic mass is 10.6. The summed E-state index contributed by atoms with van der Waals surface area (Å²) in [6, 6.07) is 1.60. The topological polar surface area (TPSA) is 57.9 Å². The third kappa shape index (κ3) is 3.98. The van der Waals surface area contributed by atoms with E-state index in [-0.39, 0.29) is 11.5 Å². The Morgan fingerprint density at radius 3 is 2.44 bits per heavy atom. The molecule has 0 rings (SSSR count). The van der Waals surface area contributed by atoms with Crippen LogP contribution in [0.15, 0.2) is 0 Å². The van der Waals surface area contributed by atoms with Crippen LogP contribution in [-0.2, 0) is 9.84 Å². The summed E-state index contributed by atoms with van der Waals surface area (Å²) in [4.78, 5) is 0. The summed E-state index contributed by atoms with van der Waals surface area (Å²) in [7, 11) is -3.04. The van der Waals surface area contributed by atoms with E-state index >= 15 is 0 Å². The Kier molecular flexibility index (Phi) is 3.25. The summed E-state index contributed by atoms with van der Waals surface area (Å²) in [6.07, 6.45) is 0.587. The minimum Gasteiger partial charge on any atom is -0.228 e. The van der Waals surface area contributed by atoms with E-state index in [1.54, 1.807) is 13.0 Å². The van der Waals surface area contributed by atoms with E-state index in [0.29, 0.717) is 6.42 Å². The second kappa shape index (κ2) is 3.46. The van der Waals surface area contributed by atoms with Gasteiger partial charge in [-0.1, -0.05) is 6.92 Å². The summed E-state index contributed by atoms with van der Waals surface area (Å²) in [5.74, 6) is -0.221. The molecule has 0 unspecified atom stereocenters. The van der Waals surface area contributed by atoms with E-state index in [9.17, 15) is 8.42 Å². The second-order valence-electron chi connectivity index (χ2n) is 1.75. The average Bonchev–Trinajstić information content (AvgIpc) is 1.64. The quantitative estimate of drug-likeness (QED) is 0.578. The van der Waals surface area contributed by atoms with Crippen molar-refractivity contribution in [2.75, 3.05) is 11.5 Å². The van der Waals surface area contributed by atoms with Gasteiger partial charge in [0.05, 0.1) is 11.8 Å². The largest absolute Gasteiger partial charge is 0.228 e. The second-order valence-corrected chi connectivity index (χ2v) is 3.93. The van der Waals surface area contributed by atoms with Crippen LogP contribution >= 0.6 is 0 Å². The van der Waals surface area contributed by atoms with Crippen LogP contribution in [0.4, 0.5) is 0 Å². The fourth-order valence-corrected chi connectivity index (χ4v) is 1.44. The molecule has 0 fully saturated rings. The van der Waals surface area contributed by atoms with E-state index in [0.717, 1.165) is 0 Å². The highest BCUT2D eigenvalue weighted by Crippen LogP contribution is 1.90. The Morgan fingerprint density at radius 1 is 1.56 bits per heavy atom. The van der Waals surface area contributed by atoms with Gasteiger partial charge >= 0.3 is 0 Å². The van der Waals surface area contributed by atoms with Gasteiger partial charge in [0.15, 0.2) is 9.84 Å². The molecule has 0 spiro atoms. The molecule has 0 radical (unpaired) electrons. The zero-order valence-corrected chi connectivity index (χ0v) is 6.11. The third-order valence-corrected chi connectivity index (χ3v) is 2.40. The summed E-state index contributed by atoms with van der Waals surface area (Å²) >= 11 is 0. The van der Waals surface area contributed by atoms with Crippen molar-refractivity contribution in [1.82, 2.24) is 0 Å². The average molecular weight is 147 g/mol. The van der Waals surface area contributed by atoms with Gasteiger partial charge in [-0.2, -0.15) is 5.26 Å². The van der Waals surface area contributed by atoms with Crippen molar-refractivity contribution < 1.29 is 8.42 Å². The van der Waals surface area contributed by atoms with Crippen molar-refractivity contribution in [3.05, 3.63) is 0 Å². The number of sulfone groups is 1. The monoisotopic (exact) mass is 147 g/mol. The van der Waals surface area contributed by atoms with Crippen LogP contribution in [0, 0.1) is 11.3 Å². The third-order valence-electron chi connectivity index (χ3n) is 0.800. The first kappa shape index (κ1) is 8.44. The van der Waals surface area contributed by atoms with E-state index in [2.05, 4.69) is 0 Å². The summed E-state index contributed by atoms with van der Waals surface area (Å²) in [5, 5.41) is 8.00. The first-order chi connectivity index (χ1) is 4.12. The van der Waals surface area contributed by atoms with Crippen molar-refractivity contribution in [3.8, 4) is 6.07 Å². The number of rotatable bonds is 3. The summed E-state index contributed by atoms with van der Waals surface area (Å²) < 4.78 is 21.2. The summed E-state index contributed by atoms with van der Waals surface area (Å²) in [6.45, 7) is 1.77. The van der Waals surface area contributed by atoms with Crippen LogP contribution in [0.5, 0.6) is 0 Å². The molecule has 0 bridgehead atoms. The lowest BCUT2D eigenvalue weighted by molar-refractivity contribution is 0.598. The Morgan fingerprint density at radius 2 is 2.11 bits per heavy atom. The first-order valence-corrected chi connectivity index (χ1v) is 4.52. The van der Waals surface area contributed by atoms with Gasteiger partial charge in [-0.15, -0.1) is 0 Å². The predicted octanol–water partition coefficient (Wildman–Crippen LogP) is 0.335. The van der Waals surface area contributed by atoms with Crippen molar-refractivity contribution in [2.24, 2.45) is 0 Å². The molecule has 0 aromatic heterocycles. The van der Waals surface area contributed by atoms with Gasteiger partial charge in [-0.3, -0.25) is 0 Å². The zero-order chi connectivity index (χ0) is 7.33. The molecule has 9 heavy (non-hydrogen) atoms. The molecule has 0 aliphatic rings. The minimum absolute atomic E-state index is 0.126. The maximum absolute atomic E-state index is 10.6. The number of nitrogens with zero attached hydrogens (tertiary/aromatic N) is 1. The molecule has 0 aromatic carbocycles. The number of nitriles is 1. The SMILES string of the molecule is CCCS(=O)(=O)CC#N. The number of hydrogen-bond donors (Lipinski definition) is 0. The zero-order valence-electron chi connectivity index (χ0n) is 5.29. The highest BCUT2D eigenvalue weighted by Gasteiger charge is 2.06. The molecule has 4 heteroatoms. The molecule has 0 N–H and O–H groups in total. The van der Waals surface area contributed by atoms with Crippen LogP contribution in [0.3, 0.4) is 0 Å². The highest BCUT2D eigenvalue weighted by molar-refractivity contribution is 7.91. The van der Waals surface area contributed by atoms with Gasteiger partial charge in [0.1, 0.15) is 5.75 Å². The van der Waals surface area contributed by atoms with Crippen LogP contribution in [0.1, 0.15) is 13.3 Å². The lowest BCUT2D eigenvalue weighted by Crippen LogP contribution is -2.08. The molecule has 52 valence electrons. The molecule has 0 heterocycles. The standard InChI is InChI=1S/C5H9NO2S/c1-2-4-9(7,8)5-3-6/h2,4-5H2,1H3. The number of hydrogen-bond acceptors (Lipinski definition) is 3. The van der Waals surface area contributed by atoms with Crippen molar-refractivity contribution >= 4 is 9.84 Å². The predicted molar refractivity (Wildman–Crippen MR) is 34.6 cm³/mol. The van der Waals surface area contributed by atoms with Crippen LogP contribution in [0.2, 0.25) is 0 Å². The molecule has 0 aliphatic carbocycles. The smallest absolute Gasteiger partial charge is 0.163 e. The van der Waals surface area contributed by atoms with Gasteiger partial charge in [-0.05, 0) is 6.42 Å². The Balaban J connectivity index is 3.93. The first-order valence-electron chi connectivity index (χ1n) is 2.69. The molecule has 0 atom stereocenters. The normalized spacial score (nSPS) is 10.7. The van der Waals surface area contributed by atoms with Gasteiger partial charge in [0, 0.05) is 0 Å². The van der Waals surface area contributed by atoms with Crippen LogP contribution in [-0.4, -0.2) is 19.9 Å². The molecule has 0 amide bonds.